The van der Waals surface area contributed by atoms with Gasteiger partial charge in [0.25, 0.3) is 0 Å². The van der Waals surface area contributed by atoms with Crippen LogP contribution in [0.3, 0.4) is 0 Å². The monoisotopic (exact) mass is 274 g/mol. The van der Waals surface area contributed by atoms with Crippen molar-refractivity contribution >= 4 is 24.5 Å². The number of rotatable bonds is 6. The van der Waals surface area contributed by atoms with Crippen molar-refractivity contribution in [2.24, 2.45) is 0 Å². The van der Waals surface area contributed by atoms with E-state index in [0.717, 1.165) is 0 Å². The zero-order chi connectivity index (χ0) is 12.3. The van der Waals surface area contributed by atoms with Gasteiger partial charge in [0.2, 0.25) is 16.6 Å². The Labute approximate surface area is 92.2 Å². The van der Waals surface area contributed by atoms with E-state index in [9.17, 15) is 4.57 Å². The second-order valence-electron chi connectivity index (χ2n) is 5.01. The largest absolute Gasteiger partial charge is 0.524 e. The minimum atomic E-state index is -4.26. The summed E-state index contributed by atoms with van der Waals surface area (Å²) in [7, 11) is -8.30. The molecule has 0 aliphatic rings. The zero-order valence-electron chi connectivity index (χ0n) is 9.94. The second-order valence-corrected chi connectivity index (χ2v) is 15.0. The molecule has 0 spiro atoms. The second kappa shape index (κ2) is 5.20. The van der Waals surface area contributed by atoms with Gasteiger partial charge in [-0.2, -0.15) is 0 Å². The van der Waals surface area contributed by atoms with Gasteiger partial charge in [-0.05, 0) is 39.3 Å². The lowest BCUT2D eigenvalue weighted by molar-refractivity contribution is -0.198. The summed E-state index contributed by atoms with van der Waals surface area (Å²) in [5.41, 5.74) is 0. The number of hydrogen-bond acceptors (Lipinski definition) is 5. The van der Waals surface area contributed by atoms with Crippen LogP contribution in [0, 0.1) is 0 Å². The Balaban J connectivity index is 4.04. The fourth-order valence-electron chi connectivity index (χ4n) is 0.330. The predicted octanol–water partition coefficient (Wildman–Crippen LogP) is 2.65. The molecule has 15 heavy (non-hydrogen) atoms. The molecule has 9 heteroatoms. The number of hydrogen-bond donors (Lipinski definition) is 1. The SMILES string of the molecule is C[Si](C)(C)OOP(=O)(O)OO[Si](C)(C)C. The maximum Gasteiger partial charge on any atom is 0.524 e. The van der Waals surface area contributed by atoms with Crippen LogP contribution in [0.25, 0.3) is 0 Å². The van der Waals surface area contributed by atoms with Crippen molar-refractivity contribution in [2.45, 2.75) is 39.3 Å². The van der Waals surface area contributed by atoms with Gasteiger partial charge in [-0.25, -0.2) is 4.57 Å². The molecule has 0 saturated carbocycles. The fourth-order valence-corrected chi connectivity index (χ4v) is 2.90. The first-order valence-electron chi connectivity index (χ1n) is 4.49. The Bertz CT molecular complexity index is 223. The third kappa shape index (κ3) is 10.7. The molecule has 0 aromatic heterocycles. The molecular formula is C6H19O6PSi2. The third-order valence-electron chi connectivity index (χ3n) is 0.763. The van der Waals surface area contributed by atoms with E-state index in [1.807, 2.05) is 39.3 Å². The predicted molar refractivity (Wildman–Crippen MR) is 60.9 cm³/mol. The molecule has 0 aromatic carbocycles. The van der Waals surface area contributed by atoms with Gasteiger partial charge < -0.3 is 0 Å². The fraction of sp³-hybridized carbons (Fsp3) is 1.00. The Hall–Kier alpha value is 0.464. The summed E-state index contributed by atoms with van der Waals surface area (Å²) in [6.45, 7) is 10.9. The van der Waals surface area contributed by atoms with Crippen molar-refractivity contribution in [3.63, 3.8) is 0 Å². The molecule has 0 amide bonds. The van der Waals surface area contributed by atoms with Crippen LogP contribution < -0.4 is 0 Å². The summed E-state index contributed by atoms with van der Waals surface area (Å²) in [5.74, 6) is 0. The highest BCUT2D eigenvalue weighted by Crippen LogP contribution is 2.45. The van der Waals surface area contributed by atoms with Gasteiger partial charge in [0.05, 0.1) is 0 Å². The van der Waals surface area contributed by atoms with Crippen LogP contribution >= 0.6 is 7.82 Å². The van der Waals surface area contributed by atoms with E-state index in [1.165, 1.54) is 0 Å². The first kappa shape index (κ1) is 15.5. The van der Waals surface area contributed by atoms with Crippen molar-refractivity contribution in [1.82, 2.24) is 0 Å². The van der Waals surface area contributed by atoms with Crippen LogP contribution in [0.2, 0.25) is 39.3 Å². The van der Waals surface area contributed by atoms with Crippen LogP contribution in [0.1, 0.15) is 0 Å². The van der Waals surface area contributed by atoms with E-state index in [-0.39, 0.29) is 0 Å². The highest BCUT2D eigenvalue weighted by molar-refractivity contribution is 7.47. The van der Waals surface area contributed by atoms with Gasteiger partial charge in [0.15, 0.2) is 0 Å². The maximum absolute atomic E-state index is 11.2. The van der Waals surface area contributed by atoms with Crippen molar-refractivity contribution in [2.75, 3.05) is 0 Å². The molecular weight excluding hydrogens is 255 g/mol. The molecule has 0 bridgehead atoms. The summed E-state index contributed by atoms with van der Waals surface area (Å²) in [6, 6.07) is 0. The molecule has 0 unspecified atom stereocenters. The molecule has 1 N–H and O–H groups in total. The molecule has 6 nitrogen and oxygen atoms in total. The molecule has 0 aliphatic carbocycles. The van der Waals surface area contributed by atoms with Gasteiger partial charge in [0.1, 0.15) is 0 Å². The smallest absolute Gasteiger partial charge is 0.299 e. The molecule has 92 valence electrons. The Morgan fingerprint density at radius 3 is 1.33 bits per heavy atom. The zero-order valence-corrected chi connectivity index (χ0v) is 12.8. The topological polar surface area (TPSA) is 74.2 Å². The van der Waals surface area contributed by atoms with E-state index >= 15 is 0 Å². The van der Waals surface area contributed by atoms with Crippen molar-refractivity contribution < 1.29 is 28.0 Å². The van der Waals surface area contributed by atoms with Gasteiger partial charge in [-0.1, -0.05) is 0 Å². The van der Waals surface area contributed by atoms with E-state index in [0.29, 0.717) is 0 Å². The molecule has 0 heterocycles. The van der Waals surface area contributed by atoms with E-state index in [4.69, 9.17) is 14.0 Å². The average Bonchev–Trinajstić information content (AvgIpc) is 1.96. The van der Waals surface area contributed by atoms with Crippen molar-refractivity contribution in [3.05, 3.63) is 0 Å². The molecule has 0 saturated heterocycles. The lowest BCUT2D eigenvalue weighted by atomic mass is 11.8. The van der Waals surface area contributed by atoms with Gasteiger partial charge >= 0.3 is 7.82 Å². The average molecular weight is 274 g/mol. The van der Waals surface area contributed by atoms with Gasteiger partial charge in [-0.3, -0.25) is 14.0 Å². The number of phosphoric acid groups is 1. The molecule has 0 radical (unpaired) electrons. The third-order valence-corrected chi connectivity index (χ3v) is 2.74. The first-order chi connectivity index (χ1) is 6.41. The summed E-state index contributed by atoms with van der Waals surface area (Å²) in [4.78, 5) is 9.15. The normalized spacial score (nSPS) is 14.3. The summed E-state index contributed by atoms with van der Waals surface area (Å²) < 4.78 is 29.5. The minimum Gasteiger partial charge on any atom is -0.299 e. The Kier molecular flexibility index (Phi) is 5.36. The van der Waals surface area contributed by atoms with Crippen LogP contribution in [-0.2, 0) is 23.1 Å². The maximum atomic E-state index is 11.2. The van der Waals surface area contributed by atoms with Gasteiger partial charge in [0, 0.05) is 0 Å². The first-order valence-corrected chi connectivity index (χ1v) is 12.8. The van der Waals surface area contributed by atoms with Gasteiger partial charge in [-0.15, -0.1) is 9.35 Å². The quantitative estimate of drug-likeness (QED) is 0.347. The molecule has 0 atom stereocenters. The van der Waals surface area contributed by atoms with Crippen molar-refractivity contribution in [1.29, 1.82) is 0 Å². The van der Waals surface area contributed by atoms with Crippen LogP contribution in [-0.4, -0.2) is 21.5 Å². The Morgan fingerprint density at radius 1 is 0.867 bits per heavy atom. The molecule has 0 fully saturated rings. The van der Waals surface area contributed by atoms with Crippen LogP contribution in [0.4, 0.5) is 0 Å². The lowest BCUT2D eigenvalue weighted by Crippen LogP contribution is -2.27. The molecule has 0 rings (SSSR count). The van der Waals surface area contributed by atoms with E-state index in [2.05, 4.69) is 9.35 Å². The highest BCUT2D eigenvalue weighted by Gasteiger charge is 2.31. The van der Waals surface area contributed by atoms with Crippen LogP contribution in [0.15, 0.2) is 0 Å². The van der Waals surface area contributed by atoms with E-state index < -0.39 is 24.5 Å². The standard InChI is InChI=1S/C6H19O6PSi2/c1-14(2,3)11-9-13(7,8)10-12-15(4,5)6/h1-6H3,(H,7,8). The summed E-state index contributed by atoms with van der Waals surface area (Å²) >= 11 is 0. The highest BCUT2D eigenvalue weighted by atomic mass is 31.2. The van der Waals surface area contributed by atoms with E-state index in [1.54, 1.807) is 0 Å². The minimum absolute atomic E-state index is 1.81. The molecule has 0 aliphatic heterocycles. The lowest BCUT2D eigenvalue weighted by Gasteiger charge is -2.20. The van der Waals surface area contributed by atoms with Crippen molar-refractivity contribution in [3.8, 4) is 0 Å². The molecule has 0 aromatic rings. The summed E-state index contributed by atoms with van der Waals surface area (Å²) in [5, 5.41) is 0. The Morgan fingerprint density at radius 2 is 1.13 bits per heavy atom. The summed E-state index contributed by atoms with van der Waals surface area (Å²) in [6.07, 6.45) is 0. The van der Waals surface area contributed by atoms with Crippen LogP contribution in [0.5, 0.6) is 0 Å².